The Labute approximate surface area is 244 Å². The molecule has 0 aliphatic carbocycles. The van der Waals surface area contributed by atoms with Crippen LogP contribution in [0.25, 0.3) is 61.4 Å². The van der Waals surface area contributed by atoms with Crippen molar-refractivity contribution in [2.45, 2.75) is 39.5 Å². The van der Waals surface area contributed by atoms with Crippen LogP contribution in [-0.4, -0.2) is 14.5 Å². The monoisotopic (exact) mass is 546 g/mol. The first kappa shape index (κ1) is 25.7. The fraction of sp³-hybridized carbons (Fsp3) is 0.162. The molecule has 5 nitrogen and oxygen atoms in total. The van der Waals surface area contributed by atoms with E-state index in [0.717, 1.165) is 50.0 Å². The maximum Gasteiger partial charge on any atom is 0.227 e. The van der Waals surface area contributed by atoms with Crippen molar-refractivity contribution >= 4 is 33.1 Å². The van der Waals surface area contributed by atoms with Gasteiger partial charge in [-0.05, 0) is 65.4 Å². The van der Waals surface area contributed by atoms with Gasteiger partial charge in [0.15, 0.2) is 0 Å². The number of para-hydroxylation sites is 4. The van der Waals surface area contributed by atoms with Crippen LogP contribution in [0.2, 0.25) is 0 Å². The number of rotatable bonds is 5. The topological polar surface area (TPSA) is 67.6 Å². The lowest BCUT2D eigenvalue weighted by atomic mass is 9.92. The van der Waals surface area contributed by atoms with Crippen LogP contribution >= 0.6 is 0 Å². The third kappa shape index (κ3) is 4.07. The summed E-state index contributed by atoms with van der Waals surface area (Å²) >= 11 is 0. The zero-order valence-electron chi connectivity index (χ0n) is 24.1. The number of furan rings is 1. The second kappa shape index (κ2) is 10.0. The number of hydrogen-bond acceptors (Lipinski definition) is 4. The Morgan fingerprint density at radius 1 is 0.714 bits per heavy atom. The number of benzene rings is 4. The van der Waals surface area contributed by atoms with Gasteiger partial charge >= 0.3 is 0 Å². The highest BCUT2D eigenvalue weighted by molar-refractivity contribution is 6.09. The third-order valence-electron chi connectivity index (χ3n) is 8.04. The van der Waals surface area contributed by atoms with E-state index in [1.807, 2.05) is 36.4 Å². The Bertz CT molecular complexity index is 2130. The molecular weight excluding hydrogens is 516 g/mol. The zero-order chi connectivity index (χ0) is 29.0. The van der Waals surface area contributed by atoms with Crippen LogP contribution in [0.1, 0.15) is 56.2 Å². The molecular formula is C37H30N4O. The van der Waals surface area contributed by atoms with E-state index in [1.165, 1.54) is 16.8 Å². The van der Waals surface area contributed by atoms with Crippen molar-refractivity contribution in [1.29, 1.82) is 5.26 Å². The summed E-state index contributed by atoms with van der Waals surface area (Å²) in [6.07, 6.45) is 0. The highest BCUT2D eigenvalue weighted by atomic mass is 16.3. The molecule has 0 saturated carbocycles. The van der Waals surface area contributed by atoms with Crippen LogP contribution in [0.3, 0.4) is 0 Å². The average molecular weight is 547 g/mol. The van der Waals surface area contributed by atoms with E-state index in [4.69, 9.17) is 14.4 Å². The van der Waals surface area contributed by atoms with Crippen LogP contribution in [0.5, 0.6) is 0 Å². The van der Waals surface area contributed by atoms with Crippen molar-refractivity contribution in [2.24, 2.45) is 0 Å². The summed E-state index contributed by atoms with van der Waals surface area (Å²) in [6, 6.07) is 34.9. The molecule has 0 saturated heterocycles. The smallest absolute Gasteiger partial charge is 0.227 e. The van der Waals surface area contributed by atoms with Crippen LogP contribution < -0.4 is 0 Å². The van der Waals surface area contributed by atoms with Gasteiger partial charge in [0.1, 0.15) is 11.4 Å². The molecule has 0 atom stereocenters. The van der Waals surface area contributed by atoms with Gasteiger partial charge in [0.25, 0.3) is 0 Å². The minimum absolute atomic E-state index is 0.333. The summed E-state index contributed by atoms with van der Waals surface area (Å²) in [5.74, 6) is 1.52. The minimum Gasteiger partial charge on any atom is -0.437 e. The van der Waals surface area contributed by atoms with Crippen LogP contribution in [0.4, 0.5) is 0 Å². The number of hydrogen-bond donors (Lipinski definition) is 0. The SMILES string of the molecule is CC(C)c1cccc(C(C)C)c1-n1c(-c2cccc3c2oc2nc(-c4ccc(C#N)cc4)ccc23)nc2ccccc21. The normalized spacial score (nSPS) is 11.7. The number of fused-ring (bicyclic) bond motifs is 4. The van der Waals surface area contributed by atoms with Crippen molar-refractivity contribution in [1.82, 2.24) is 14.5 Å². The van der Waals surface area contributed by atoms with E-state index in [2.05, 4.69) is 99.0 Å². The van der Waals surface area contributed by atoms with Gasteiger partial charge in [-0.3, -0.25) is 4.57 Å². The van der Waals surface area contributed by atoms with Crippen molar-refractivity contribution < 1.29 is 4.42 Å². The van der Waals surface area contributed by atoms with Crippen molar-refractivity contribution in [3.63, 3.8) is 0 Å². The first-order chi connectivity index (χ1) is 20.4. The Morgan fingerprint density at radius 2 is 1.43 bits per heavy atom. The summed E-state index contributed by atoms with van der Waals surface area (Å²) in [7, 11) is 0. The minimum atomic E-state index is 0.333. The summed E-state index contributed by atoms with van der Waals surface area (Å²) in [4.78, 5) is 10.1. The Hall–Kier alpha value is -5.21. The van der Waals surface area contributed by atoms with E-state index in [1.54, 1.807) is 0 Å². The molecule has 0 N–H and O–H groups in total. The van der Waals surface area contributed by atoms with Gasteiger partial charge in [0, 0.05) is 16.3 Å². The van der Waals surface area contributed by atoms with Gasteiger partial charge < -0.3 is 4.42 Å². The van der Waals surface area contributed by atoms with Crippen LogP contribution in [-0.2, 0) is 0 Å². The standard InChI is InChI=1S/C37H30N4O/c1-22(2)26-9-7-10-27(23(3)4)34(26)41-33-14-6-5-13-32(33)39-36(41)30-12-8-11-28-29-19-20-31(40-37(29)42-35(28)30)25-17-15-24(21-38)16-18-25/h5-20,22-23H,1-4H3. The van der Waals surface area contributed by atoms with Crippen molar-refractivity contribution in [3.8, 4) is 34.4 Å². The molecule has 0 aliphatic rings. The number of aromatic nitrogens is 3. The summed E-state index contributed by atoms with van der Waals surface area (Å²) in [5, 5.41) is 11.1. The maximum atomic E-state index is 9.18. The third-order valence-corrected chi connectivity index (χ3v) is 8.04. The van der Waals surface area contributed by atoms with Gasteiger partial charge in [0.2, 0.25) is 5.71 Å². The molecule has 5 heteroatoms. The summed E-state index contributed by atoms with van der Waals surface area (Å²) < 4.78 is 8.90. The molecule has 0 unspecified atom stereocenters. The molecule has 42 heavy (non-hydrogen) atoms. The highest BCUT2D eigenvalue weighted by Crippen LogP contribution is 2.41. The molecule has 3 heterocycles. The predicted octanol–water partition coefficient (Wildman–Crippen LogP) is 9.77. The van der Waals surface area contributed by atoms with E-state index in [-0.39, 0.29) is 0 Å². The lowest BCUT2D eigenvalue weighted by Gasteiger charge is -2.22. The zero-order valence-corrected chi connectivity index (χ0v) is 24.1. The van der Waals surface area contributed by atoms with Gasteiger partial charge in [-0.25, -0.2) is 9.97 Å². The fourth-order valence-corrected chi connectivity index (χ4v) is 5.93. The van der Waals surface area contributed by atoms with Crippen molar-refractivity contribution in [3.05, 3.63) is 114 Å². The maximum absolute atomic E-state index is 9.18. The second-order valence-corrected chi connectivity index (χ2v) is 11.4. The molecule has 0 radical (unpaired) electrons. The second-order valence-electron chi connectivity index (χ2n) is 11.4. The molecule has 0 bridgehead atoms. The first-order valence-electron chi connectivity index (χ1n) is 14.4. The number of nitrogens with zero attached hydrogens (tertiary/aromatic N) is 4. The Morgan fingerprint density at radius 3 is 2.14 bits per heavy atom. The van der Waals surface area contributed by atoms with Gasteiger partial charge in [0.05, 0.1) is 39.6 Å². The molecule has 204 valence electrons. The molecule has 4 aromatic carbocycles. The fourth-order valence-electron chi connectivity index (χ4n) is 5.93. The molecule has 3 aromatic heterocycles. The number of nitriles is 1. The first-order valence-corrected chi connectivity index (χ1v) is 14.4. The average Bonchev–Trinajstić information content (AvgIpc) is 3.58. The van der Waals surface area contributed by atoms with Crippen molar-refractivity contribution in [2.75, 3.05) is 0 Å². The molecule has 0 fully saturated rings. The molecule has 0 spiro atoms. The highest BCUT2D eigenvalue weighted by Gasteiger charge is 2.24. The lowest BCUT2D eigenvalue weighted by molar-refractivity contribution is 0.655. The summed E-state index contributed by atoms with van der Waals surface area (Å²) in [6.45, 7) is 9.00. The van der Waals surface area contributed by atoms with E-state index < -0.39 is 0 Å². The van der Waals surface area contributed by atoms with E-state index in [0.29, 0.717) is 23.1 Å². The quantitative estimate of drug-likeness (QED) is 0.215. The van der Waals surface area contributed by atoms with E-state index >= 15 is 0 Å². The van der Waals surface area contributed by atoms with E-state index in [9.17, 15) is 5.26 Å². The van der Waals surface area contributed by atoms with Gasteiger partial charge in [-0.1, -0.05) is 82.3 Å². The van der Waals surface area contributed by atoms with Crippen LogP contribution in [0.15, 0.2) is 101 Å². The van der Waals surface area contributed by atoms with Gasteiger partial charge in [-0.2, -0.15) is 5.26 Å². The number of imidazole rings is 1. The lowest BCUT2D eigenvalue weighted by Crippen LogP contribution is -2.08. The molecule has 7 rings (SSSR count). The molecule has 7 aromatic rings. The van der Waals surface area contributed by atoms with Crippen LogP contribution in [0, 0.1) is 11.3 Å². The Balaban J connectivity index is 1.50. The molecule has 0 aliphatic heterocycles. The largest absolute Gasteiger partial charge is 0.437 e. The summed E-state index contributed by atoms with van der Waals surface area (Å²) in [5.41, 5.74) is 10.4. The van der Waals surface area contributed by atoms with Gasteiger partial charge in [-0.15, -0.1) is 0 Å². The number of pyridine rings is 1. The predicted molar refractivity (Wildman–Crippen MR) is 170 cm³/mol. The molecule has 0 amide bonds. The Kier molecular flexibility index (Phi) is 6.13.